The number of piperidine rings is 1. The summed E-state index contributed by atoms with van der Waals surface area (Å²) in [6.07, 6.45) is 2.02. The maximum atomic E-state index is 13.3. The van der Waals surface area contributed by atoms with E-state index < -0.39 is 33.2 Å². The zero-order valence-electron chi connectivity index (χ0n) is 19.9. The van der Waals surface area contributed by atoms with Gasteiger partial charge in [0.25, 0.3) is 0 Å². The Balaban J connectivity index is 1.42. The van der Waals surface area contributed by atoms with Gasteiger partial charge in [0.15, 0.2) is 11.5 Å². The molecule has 0 radical (unpaired) electrons. The number of benzene rings is 2. The first-order valence-electron chi connectivity index (χ1n) is 12.0. The molecule has 0 unspecified atom stereocenters. The van der Waals surface area contributed by atoms with Crippen molar-refractivity contribution in [1.29, 1.82) is 0 Å². The van der Waals surface area contributed by atoms with Crippen LogP contribution in [-0.4, -0.2) is 62.9 Å². The highest BCUT2D eigenvalue weighted by atomic mass is 32.2. The zero-order valence-corrected chi connectivity index (χ0v) is 20.7. The van der Waals surface area contributed by atoms with Gasteiger partial charge in [-0.25, -0.2) is 13.1 Å². The number of hydrogen-bond donors (Lipinski definition) is 2. The quantitative estimate of drug-likeness (QED) is 0.677. The van der Waals surface area contributed by atoms with Crippen LogP contribution < -0.4 is 14.2 Å². The molecule has 2 fully saturated rings. The normalized spacial score (nSPS) is 33.8. The Kier molecular flexibility index (Phi) is 4.88. The fourth-order valence-corrected chi connectivity index (χ4v) is 8.79. The van der Waals surface area contributed by atoms with Crippen LogP contribution in [0.5, 0.6) is 11.5 Å². The first kappa shape index (κ1) is 22.3. The number of nitrogens with zero attached hydrogens (tertiary/aromatic N) is 1. The summed E-state index contributed by atoms with van der Waals surface area (Å²) in [5.41, 5.74) is 2.31. The number of aryl methyl sites for hydroxylation is 1. The molecule has 4 aliphatic rings. The predicted octanol–water partition coefficient (Wildman–Crippen LogP) is 2.28. The van der Waals surface area contributed by atoms with Gasteiger partial charge in [-0.1, -0.05) is 30.3 Å². The number of aliphatic hydroxyl groups is 1. The van der Waals surface area contributed by atoms with Crippen molar-refractivity contribution in [2.75, 3.05) is 20.7 Å². The molecule has 5 atom stereocenters. The largest absolute Gasteiger partial charge is 0.493 e. The number of ether oxygens (including phenoxy) is 2. The van der Waals surface area contributed by atoms with Crippen LogP contribution in [0, 0.1) is 6.92 Å². The third-order valence-electron chi connectivity index (χ3n) is 8.87. The first-order valence-corrected chi connectivity index (χ1v) is 13.7. The number of hydrogen-bond acceptors (Lipinski definition) is 6. The number of nitrogens with one attached hydrogen (secondary N) is 1. The van der Waals surface area contributed by atoms with E-state index >= 15 is 0 Å². The summed E-state index contributed by atoms with van der Waals surface area (Å²) < 4.78 is 41.8. The molecule has 2 aliphatic carbocycles. The molecule has 2 aliphatic heterocycles. The summed E-state index contributed by atoms with van der Waals surface area (Å²) in [6.45, 7) is 2.75. The molecule has 182 valence electrons. The van der Waals surface area contributed by atoms with Crippen molar-refractivity contribution in [1.82, 2.24) is 9.62 Å². The molecule has 34 heavy (non-hydrogen) atoms. The summed E-state index contributed by atoms with van der Waals surface area (Å²) in [6, 6.07) is 11.1. The van der Waals surface area contributed by atoms with Crippen LogP contribution in [0.1, 0.15) is 41.5 Å². The lowest BCUT2D eigenvalue weighted by atomic mass is 9.48. The van der Waals surface area contributed by atoms with Crippen LogP contribution in [0.25, 0.3) is 0 Å². The standard InChI is InChI=1S/C26H32N2O5S/c1-16-6-4-5-7-18(16)15-34(30,31)27-19-10-11-26(29)21-14-17-8-9-20(32-3)23-22(17)25(26,24(19)33-23)12-13-28(21)2/h4-9,19,21,24,27,29H,10-15H2,1-3H3/t19-,21+,24-,25-,26+/m0/s1. The van der Waals surface area contributed by atoms with Gasteiger partial charge in [0.05, 0.1) is 29.9 Å². The first-order chi connectivity index (χ1) is 16.2. The summed E-state index contributed by atoms with van der Waals surface area (Å²) in [7, 11) is 0.0749. The zero-order chi connectivity index (χ0) is 23.9. The van der Waals surface area contributed by atoms with E-state index in [-0.39, 0.29) is 11.8 Å². The summed E-state index contributed by atoms with van der Waals surface area (Å²) in [4.78, 5) is 2.26. The van der Waals surface area contributed by atoms with Gasteiger partial charge in [0, 0.05) is 11.6 Å². The second-order valence-corrected chi connectivity index (χ2v) is 12.2. The third-order valence-corrected chi connectivity index (χ3v) is 10.2. The fourth-order valence-electron chi connectivity index (χ4n) is 7.27. The molecule has 2 bridgehead atoms. The maximum Gasteiger partial charge on any atom is 0.216 e. The molecule has 2 aromatic carbocycles. The highest BCUT2D eigenvalue weighted by Gasteiger charge is 2.72. The van der Waals surface area contributed by atoms with E-state index in [1.807, 2.05) is 37.3 Å². The maximum absolute atomic E-state index is 13.3. The van der Waals surface area contributed by atoms with Crippen LogP contribution in [0.2, 0.25) is 0 Å². The number of rotatable bonds is 5. The van der Waals surface area contributed by atoms with E-state index in [2.05, 4.69) is 22.7 Å². The number of likely N-dealkylation sites (N-methyl/N-ethyl adjacent to an activating group) is 1. The number of methoxy groups -OCH3 is 1. The molecule has 1 saturated carbocycles. The molecular weight excluding hydrogens is 452 g/mol. The molecule has 2 N–H and O–H groups in total. The molecule has 1 saturated heterocycles. The molecule has 6 rings (SSSR count). The van der Waals surface area contributed by atoms with Crippen LogP contribution >= 0.6 is 0 Å². The number of sulfonamides is 1. The minimum Gasteiger partial charge on any atom is -0.493 e. The van der Waals surface area contributed by atoms with Crippen LogP contribution in [0.4, 0.5) is 0 Å². The van der Waals surface area contributed by atoms with Gasteiger partial charge in [0.2, 0.25) is 10.0 Å². The Bertz CT molecular complexity index is 1260. The van der Waals surface area contributed by atoms with Crippen LogP contribution in [0.3, 0.4) is 0 Å². The molecule has 7 nitrogen and oxygen atoms in total. The molecule has 0 amide bonds. The molecule has 8 heteroatoms. The molecule has 2 heterocycles. The van der Waals surface area contributed by atoms with Crippen molar-refractivity contribution in [3.8, 4) is 11.5 Å². The highest BCUT2D eigenvalue weighted by Crippen LogP contribution is 2.65. The number of likely N-dealkylation sites (tertiary alicyclic amines) is 1. The Morgan fingerprint density at radius 1 is 1.24 bits per heavy atom. The lowest BCUT2D eigenvalue weighted by Gasteiger charge is -2.63. The molecule has 0 aromatic heterocycles. The molecule has 1 spiro atoms. The van der Waals surface area contributed by atoms with E-state index in [1.165, 1.54) is 5.56 Å². The Morgan fingerprint density at radius 2 is 2.03 bits per heavy atom. The van der Waals surface area contributed by atoms with Crippen molar-refractivity contribution in [2.24, 2.45) is 0 Å². The van der Waals surface area contributed by atoms with Gasteiger partial charge in [-0.05, 0) is 69.0 Å². The second-order valence-electron chi connectivity index (χ2n) is 10.5. The monoisotopic (exact) mass is 484 g/mol. The minimum atomic E-state index is -3.62. The van der Waals surface area contributed by atoms with Gasteiger partial charge in [-0.2, -0.15) is 0 Å². The predicted molar refractivity (Wildman–Crippen MR) is 129 cm³/mol. The summed E-state index contributed by atoms with van der Waals surface area (Å²) >= 11 is 0. The van der Waals surface area contributed by atoms with Gasteiger partial charge >= 0.3 is 0 Å². The van der Waals surface area contributed by atoms with Crippen molar-refractivity contribution in [3.05, 3.63) is 58.7 Å². The Labute approximate surface area is 201 Å². The van der Waals surface area contributed by atoms with E-state index in [1.54, 1.807) is 7.11 Å². The van der Waals surface area contributed by atoms with Gasteiger partial charge in [0.1, 0.15) is 6.10 Å². The van der Waals surface area contributed by atoms with Crippen LogP contribution in [0.15, 0.2) is 36.4 Å². The van der Waals surface area contributed by atoms with Crippen molar-refractivity contribution in [3.63, 3.8) is 0 Å². The smallest absolute Gasteiger partial charge is 0.216 e. The third kappa shape index (κ3) is 2.89. The molecular formula is C26H32N2O5S. The van der Waals surface area contributed by atoms with Gasteiger partial charge < -0.3 is 19.5 Å². The second kappa shape index (κ2) is 7.43. The van der Waals surface area contributed by atoms with Gasteiger partial charge in [-0.15, -0.1) is 0 Å². The van der Waals surface area contributed by atoms with E-state index in [0.717, 1.165) is 29.7 Å². The van der Waals surface area contributed by atoms with Crippen molar-refractivity contribution in [2.45, 2.75) is 67.6 Å². The van der Waals surface area contributed by atoms with E-state index in [4.69, 9.17) is 9.47 Å². The van der Waals surface area contributed by atoms with Crippen molar-refractivity contribution < 1.29 is 23.0 Å². The van der Waals surface area contributed by atoms with E-state index in [0.29, 0.717) is 30.8 Å². The highest BCUT2D eigenvalue weighted by molar-refractivity contribution is 7.88. The SMILES string of the molecule is COc1ccc2c3c1O[C@H]1[C@@H](NS(=O)(=O)Cc4ccccc4C)CC[C@@]4(O)[C@@H](C2)N(C)CC[C@]314. The van der Waals surface area contributed by atoms with Crippen molar-refractivity contribution >= 4 is 10.0 Å². The topological polar surface area (TPSA) is 88.1 Å². The van der Waals surface area contributed by atoms with Gasteiger partial charge in [-0.3, -0.25) is 0 Å². The Morgan fingerprint density at radius 3 is 2.79 bits per heavy atom. The molecule has 2 aromatic rings. The van der Waals surface area contributed by atoms with Crippen LogP contribution in [-0.2, 0) is 27.6 Å². The average Bonchev–Trinajstić information content (AvgIpc) is 3.15. The minimum absolute atomic E-state index is 0.0243. The average molecular weight is 485 g/mol. The fraction of sp³-hybridized carbons (Fsp3) is 0.538. The lowest BCUT2D eigenvalue weighted by molar-refractivity contribution is -0.185. The summed E-state index contributed by atoms with van der Waals surface area (Å²) in [5, 5.41) is 12.3. The van der Waals surface area contributed by atoms with E-state index in [9.17, 15) is 13.5 Å². The summed E-state index contributed by atoms with van der Waals surface area (Å²) in [5.74, 6) is 1.24. The lowest BCUT2D eigenvalue weighted by Crippen LogP contribution is -2.77. The Hall–Kier alpha value is -2.13.